The van der Waals surface area contributed by atoms with Gasteiger partial charge >= 0.3 is 11.8 Å². The maximum absolute atomic E-state index is 12.0. The molecule has 8 nitrogen and oxygen atoms in total. The molecule has 1 aromatic carbocycles. The van der Waals surface area contributed by atoms with E-state index in [1.165, 1.54) is 6.20 Å². The van der Waals surface area contributed by atoms with Gasteiger partial charge in [0.25, 0.3) is 0 Å². The molecule has 0 fully saturated rings. The van der Waals surface area contributed by atoms with Gasteiger partial charge in [-0.25, -0.2) is 9.48 Å². The molecule has 0 bridgehead atoms. The van der Waals surface area contributed by atoms with Crippen LogP contribution in [0.2, 0.25) is 0 Å². The maximum Gasteiger partial charge on any atom is 0.341 e. The van der Waals surface area contributed by atoms with Crippen molar-refractivity contribution in [1.29, 1.82) is 0 Å². The van der Waals surface area contributed by atoms with Gasteiger partial charge in [-0.2, -0.15) is 9.78 Å². The van der Waals surface area contributed by atoms with Crippen LogP contribution in [0, 0.1) is 6.57 Å². The molecule has 2 aromatic heterocycles. The summed E-state index contributed by atoms with van der Waals surface area (Å²) in [5.74, 6) is -0.106. The summed E-state index contributed by atoms with van der Waals surface area (Å²) in [6.07, 6.45) is 3.05. The van der Waals surface area contributed by atoms with Crippen LogP contribution in [0.15, 0.2) is 30.6 Å². The van der Waals surface area contributed by atoms with Gasteiger partial charge in [0, 0.05) is 18.7 Å². The summed E-state index contributed by atoms with van der Waals surface area (Å²) in [7, 11) is 1.54. The third-order valence-electron chi connectivity index (χ3n) is 3.87. The molecule has 26 heavy (non-hydrogen) atoms. The number of benzene rings is 1. The molecule has 0 aliphatic rings. The average molecular weight is 353 g/mol. The Hall–Kier alpha value is -3.18. The van der Waals surface area contributed by atoms with E-state index in [0.29, 0.717) is 18.0 Å². The van der Waals surface area contributed by atoms with E-state index in [1.807, 2.05) is 36.7 Å². The van der Waals surface area contributed by atoms with Crippen molar-refractivity contribution in [2.75, 3.05) is 20.3 Å². The fourth-order valence-electron chi connectivity index (χ4n) is 2.60. The minimum Gasteiger partial charge on any atom is -0.460 e. The van der Waals surface area contributed by atoms with Crippen LogP contribution >= 0.6 is 0 Å². The zero-order chi connectivity index (χ0) is 18.7. The summed E-state index contributed by atoms with van der Waals surface area (Å²) in [4.78, 5) is 15.5. The Morgan fingerprint density at radius 2 is 2.15 bits per heavy atom. The second-order valence-corrected chi connectivity index (χ2v) is 5.98. The van der Waals surface area contributed by atoms with Crippen molar-refractivity contribution in [1.82, 2.24) is 19.6 Å². The van der Waals surface area contributed by atoms with Crippen molar-refractivity contribution < 1.29 is 14.3 Å². The van der Waals surface area contributed by atoms with Crippen LogP contribution in [0.4, 0.5) is 5.82 Å². The molecular weight excluding hydrogens is 334 g/mol. The van der Waals surface area contributed by atoms with Gasteiger partial charge in [-0.05, 0) is 37.1 Å². The topological polar surface area (TPSA) is 75.5 Å². The highest BCUT2D eigenvalue weighted by Crippen LogP contribution is 2.29. The minimum absolute atomic E-state index is 0.150. The summed E-state index contributed by atoms with van der Waals surface area (Å²) in [6, 6.07) is 5.78. The first kappa shape index (κ1) is 17.6. The highest BCUT2D eigenvalue weighted by Gasteiger charge is 2.16. The van der Waals surface area contributed by atoms with E-state index in [4.69, 9.17) is 16.0 Å². The van der Waals surface area contributed by atoms with Gasteiger partial charge in [0.2, 0.25) is 0 Å². The predicted molar refractivity (Wildman–Crippen MR) is 95.7 cm³/mol. The fourth-order valence-corrected chi connectivity index (χ4v) is 2.60. The van der Waals surface area contributed by atoms with E-state index in [-0.39, 0.29) is 12.6 Å². The first-order valence-corrected chi connectivity index (χ1v) is 8.16. The smallest absolute Gasteiger partial charge is 0.341 e. The van der Waals surface area contributed by atoms with Crippen LogP contribution in [0.3, 0.4) is 0 Å². The Morgan fingerprint density at radius 1 is 1.35 bits per heavy atom. The number of methoxy groups -OCH3 is 1. The summed E-state index contributed by atoms with van der Waals surface area (Å²) >= 11 is 0. The number of carbonyl (C=O) groups is 1. The Balaban J connectivity index is 1.92. The lowest BCUT2D eigenvalue weighted by Gasteiger charge is -2.05. The van der Waals surface area contributed by atoms with Crippen molar-refractivity contribution in [2.24, 2.45) is 0 Å². The normalized spacial score (nSPS) is 11.0. The molecule has 0 saturated heterocycles. The van der Waals surface area contributed by atoms with Crippen molar-refractivity contribution in [2.45, 2.75) is 19.9 Å². The number of rotatable bonds is 6. The number of hydrogen-bond donors (Lipinski definition) is 0. The van der Waals surface area contributed by atoms with Crippen LogP contribution in [0.1, 0.15) is 30.2 Å². The predicted octanol–water partition coefficient (Wildman–Crippen LogP) is 3.16. The van der Waals surface area contributed by atoms with Gasteiger partial charge in [-0.15, -0.1) is 0 Å². The van der Waals surface area contributed by atoms with Crippen LogP contribution in [-0.2, 0) is 9.47 Å². The largest absolute Gasteiger partial charge is 0.460 e. The maximum atomic E-state index is 12.0. The van der Waals surface area contributed by atoms with E-state index in [9.17, 15) is 4.79 Å². The molecule has 0 unspecified atom stereocenters. The van der Waals surface area contributed by atoms with Crippen molar-refractivity contribution >= 4 is 22.7 Å². The number of nitrogens with zero attached hydrogens (tertiary/aromatic N) is 5. The van der Waals surface area contributed by atoms with Crippen molar-refractivity contribution in [3.05, 3.63) is 47.6 Å². The highest BCUT2D eigenvalue weighted by molar-refractivity contribution is 5.92. The van der Waals surface area contributed by atoms with Crippen LogP contribution in [0.5, 0.6) is 0 Å². The lowest BCUT2D eigenvalue weighted by atomic mass is 10.2. The second-order valence-electron chi connectivity index (χ2n) is 5.98. The summed E-state index contributed by atoms with van der Waals surface area (Å²) in [5.41, 5.74) is 1.98. The molecule has 8 heteroatoms. The quantitative estimate of drug-likeness (QED) is 0.386. The molecule has 134 valence electrons. The average Bonchev–Trinajstić information content (AvgIpc) is 3.26. The second kappa shape index (κ2) is 7.37. The zero-order valence-corrected chi connectivity index (χ0v) is 14.8. The molecule has 0 aliphatic heterocycles. The number of ether oxygens (including phenoxy) is 2. The van der Waals surface area contributed by atoms with Gasteiger partial charge < -0.3 is 14.3 Å². The van der Waals surface area contributed by atoms with Crippen LogP contribution < -0.4 is 0 Å². The number of hydrogen-bond acceptors (Lipinski definition) is 5. The first-order valence-electron chi connectivity index (χ1n) is 8.16. The number of esters is 1. The van der Waals surface area contributed by atoms with Crippen molar-refractivity contribution in [3.8, 4) is 5.69 Å². The monoisotopic (exact) mass is 353 g/mol. The molecule has 0 spiro atoms. The Kier molecular flexibility index (Phi) is 5.00. The van der Waals surface area contributed by atoms with E-state index in [1.54, 1.807) is 18.0 Å². The van der Waals surface area contributed by atoms with Gasteiger partial charge in [-0.3, -0.25) is 0 Å². The lowest BCUT2D eigenvalue weighted by molar-refractivity contribution is 0.0388. The van der Waals surface area contributed by atoms with Gasteiger partial charge in [0.1, 0.15) is 6.61 Å². The number of aromatic nitrogens is 4. The molecule has 0 amide bonds. The molecule has 0 radical (unpaired) electrons. The molecule has 0 saturated carbocycles. The molecule has 0 N–H and O–H groups in total. The van der Waals surface area contributed by atoms with Crippen LogP contribution in [0.25, 0.3) is 21.4 Å². The molecule has 3 rings (SSSR count). The van der Waals surface area contributed by atoms with Crippen LogP contribution in [-0.4, -0.2) is 45.9 Å². The molecule has 3 aromatic rings. The third-order valence-corrected chi connectivity index (χ3v) is 3.87. The Morgan fingerprint density at radius 3 is 2.85 bits per heavy atom. The Labute approximate surface area is 150 Å². The molecule has 0 atom stereocenters. The number of fused-ring (bicyclic) bond motifs is 1. The fraction of sp³-hybridized carbons (Fsp3) is 0.333. The van der Waals surface area contributed by atoms with Gasteiger partial charge in [-0.1, -0.05) is 6.57 Å². The summed E-state index contributed by atoms with van der Waals surface area (Å²) < 4.78 is 13.3. The van der Waals surface area contributed by atoms with E-state index < -0.39 is 5.97 Å². The summed E-state index contributed by atoms with van der Waals surface area (Å²) in [5, 5.41) is 9.34. The zero-order valence-electron chi connectivity index (χ0n) is 14.8. The standard InChI is InChI=1S/C18H19N5O3/c1-12(2)23-16-6-5-14(9-15(16)17(19-3)21-23)22-11-13(10-20-22)18(24)26-8-7-25-4/h5-6,9-12H,7-8H2,1-2,4H3. The van der Waals surface area contributed by atoms with Crippen molar-refractivity contribution in [3.63, 3.8) is 0 Å². The van der Waals surface area contributed by atoms with Gasteiger partial charge in [0.05, 0.1) is 35.6 Å². The van der Waals surface area contributed by atoms with E-state index in [0.717, 1.165) is 16.6 Å². The molecule has 0 aliphatic carbocycles. The highest BCUT2D eigenvalue weighted by atomic mass is 16.6. The van der Waals surface area contributed by atoms with E-state index >= 15 is 0 Å². The molecule has 2 heterocycles. The number of carbonyl (C=O) groups excluding carboxylic acids is 1. The SMILES string of the molecule is [C-]#[N+]c1nn(C(C)C)c2ccc(-n3cc(C(=O)OCCOC)cn3)cc12. The van der Waals surface area contributed by atoms with E-state index in [2.05, 4.69) is 15.0 Å². The minimum atomic E-state index is -0.455. The van der Waals surface area contributed by atoms with Gasteiger partial charge in [0.15, 0.2) is 0 Å². The summed E-state index contributed by atoms with van der Waals surface area (Å²) in [6.45, 7) is 11.9. The Bertz CT molecular complexity index is 981. The molecular formula is C18H19N5O3. The first-order chi connectivity index (χ1) is 12.5. The third kappa shape index (κ3) is 3.30. The lowest BCUT2D eigenvalue weighted by Crippen LogP contribution is -2.09.